The van der Waals surface area contributed by atoms with Crippen LogP contribution in [0.4, 0.5) is 15.0 Å². The number of H-pyrrole nitrogens is 1. The van der Waals surface area contributed by atoms with Gasteiger partial charge in [-0.25, -0.2) is 9.18 Å². The van der Waals surface area contributed by atoms with E-state index >= 15 is 0 Å². The van der Waals surface area contributed by atoms with Crippen LogP contribution >= 0.6 is 0 Å². The zero-order valence-electron chi connectivity index (χ0n) is 11.6. The molecule has 0 atom stereocenters. The second-order valence-electron chi connectivity index (χ2n) is 5.01. The Morgan fingerprint density at radius 2 is 2.19 bits per heavy atom. The van der Waals surface area contributed by atoms with Crippen molar-refractivity contribution in [1.82, 2.24) is 15.5 Å². The maximum atomic E-state index is 14.4. The van der Waals surface area contributed by atoms with Gasteiger partial charge in [0.1, 0.15) is 5.52 Å². The zero-order chi connectivity index (χ0) is 15.0. The maximum absolute atomic E-state index is 14.4. The molecule has 7 heteroatoms. The van der Waals surface area contributed by atoms with Crippen LogP contribution < -0.4 is 10.2 Å². The van der Waals surface area contributed by atoms with E-state index in [9.17, 15) is 14.0 Å². The number of rotatable bonds is 3. The number of fused-ring (bicyclic) bond motifs is 1. The van der Waals surface area contributed by atoms with Gasteiger partial charge in [0, 0.05) is 18.4 Å². The first kappa shape index (κ1) is 13.5. The molecule has 1 saturated heterocycles. The molecule has 2 aromatic rings. The van der Waals surface area contributed by atoms with Gasteiger partial charge >= 0.3 is 6.03 Å². The van der Waals surface area contributed by atoms with Crippen molar-refractivity contribution in [3.63, 3.8) is 0 Å². The highest BCUT2D eigenvalue weighted by Gasteiger charge is 2.28. The first-order valence-electron chi connectivity index (χ1n) is 6.88. The quantitative estimate of drug-likeness (QED) is 0.908. The van der Waals surface area contributed by atoms with E-state index in [-0.39, 0.29) is 24.7 Å². The van der Waals surface area contributed by atoms with Crippen molar-refractivity contribution in [3.8, 4) is 0 Å². The Bertz CT molecular complexity index is 725. The Hall–Kier alpha value is -2.44. The number of imide groups is 1. The molecule has 2 N–H and O–H groups in total. The minimum Gasteiger partial charge on any atom is -0.278 e. The summed E-state index contributed by atoms with van der Waals surface area (Å²) >= 11 is 0. The summed E-state index contributed by atoms with van der Waals surface area (Å²) < 4.78 is 14.4. The molecule has 0 bridgehead atoms. The Kier molecular flexibility index (Phi) is 3.32. The number of carbonyl (C=O) groups is 2. The number of nitrogens with zero attached hydrogens (tertiary/aromatic N) is 2. The number of hydrogen-bond donors (Lipinski definition) is 2. The number of amides is 3. The summed E-state index contributed by atoms with van der Waals surface area (Å²) in [6, 6.07) is 2.94. The third-order valence-electron chi connectivity index (χ3n) is 3.57. The van der Waals surface area contributed by atoms with Crippen molar-refractivity contribution < 1.29 is 14.0 Å². The topological polar surface area (TPSA) is 78.1 Å². The largest absolute Gasteiger partial charge is 0.329 e. The third kappa shape index (κ3) is 2.24. The van der Waals surface area contributed by atoms with Crippen LogP contribution in [0.2, 0.25) is 0 Å². The van der Waals surface area contributed by atoms with Crippen LogP contribution in [0.3, 0.4) is 0 Å². The summed E-state index contributed by atoms with van der Waals surface area (Å²) in [6.07, 6.45) is 1.70. The summed E-state index contributed by atoms with van der Waals surface area (Å²) in [7, 11) is 0. The van der Waals surface area contributed by atoms with E-state index in [1.807, 2.05) is 6.92 Å². The fraction of sp³-hybridized carbons (Fsp3) is 0.357. The number of benzene rings is 1. The van der Waals surface area contributed by atoms with Crippen LogP contribution in [0.15, 0.2) is 12.1 Å². The number of aromatic amines is 1. The lowest BCUT2D eigenvalue weighted by molar-refractivity contribution is -0.120. The summed E-state index contributed by atoms with van der Waals surface area (Å²) in [6.45, 7) is 2.22. The molecule has 2 heterocycles. The van der Waals surface area contributed by atoms with Gasteiger partial charge in [-0.3, -0.25) is 20.1 Å². The average Bonchev–Trinajstić information content (AvgIpc) is 2.87. The van der Waals surface area contributed by atoms with E-state index in [0.717, 1.165) is 6.42 Å². The van der Waals surface area contributed by atoms with Crippen molar-refractivity contribution >= 4 is 28.7 Å². The van der Waals surface area contributed by atoms with E-state index in [0.29, 0.717) is 28.7 Å². The van der Waals surface area contributed by atoms with Crippen LogP contribution in [-0.2, 0) is 11.2 Å². The monoisotopic (exact) mass is 290 g/mol. The lowest BCUT2D eigenvalue weighted by Crippen LogP contribution is -2.49. The molecule has 21 heavy (non-hydrogen) atoms. The van der Waals surface area contributed by atoms with E-state index < -0.39 is 6.03 Å². The summed E-state index contributed by atoms with van der Waals surface area (Å²) in [5.74, 6) is -0.300. The molecule has 0 aliphatic carbocycles. The Morgan fingerprint density at radius 3 is 2.90 bits per heavy atom. The highest BCUT2D eigenvalue weighted by atomic mass is 19.1. The second kappa shape index (κ2) is 5.16. The van der Waals surface area contributed by atoms with Gasteiger partial charge in [-0.2, -0.15) is 5.10 Å². The number of nitrogens with one attached hydrogen (secondary N) is 2. The number of halogens is 1. The van der Waals surface area contributed by atoms with Crippen LogP contribution in [0.25, 0.3) is 10.9 Å². The molecule has 0 radical (unpaired) electrons. The maximum Gasteiger partial charge on any atom is 0.329 e. The molecule has 3 rings (SSSR count). The number of urea groups is 1. The van der Waals surface area contributed by atoms with Crippen molar-refractivity contribution in [2.75, 3.05) is 11.4 Å². The van der Waals surface area contributed by atoms with Crippen LogP contribution in [0, 0.1) is 5.82 Å². The number of aryl methyl sites for hydroxylation is 1. The predicted molar refractivity (Wildman–Crippen MR) is 75.5 cm³/mol. The number of anilines is 1. The van der Waals surface area contributed by atoms with E-state index in [4.69, 9.17) is 0 Å². The molecule has 110 valence electrons. The molecule has 0 spiro atoms. The molecular weight excluding hydrogens is 275 g/mol. The van der Waals surface area contributed by atoms with Gasteiger partial charge in [-0.15, -0.1) is 0 Å². The van der Waals surface area contributed by atoms with Crippen LogP contribution in [-0.4, -0.2) is 28.7 Å². The highest BCUT2D eigenvalue weighted by molar-refractivity contribution is 6.08. The van der Waals surface area contributed by atoms with Gasteiger partial charge in [-0.1, -0.05) is 19.4 Å². The lowest BCUT2D eigenvalue weighted by atomic mass is 10.1. The lowest BCUT2D eigenvalue weighted by Gasteiger charge is -2.24. The first-order chi connectivity index (χ1) is 10.1. The summed E-state index contributed by atoms with van der Waals surface area (Å²) in [4.78, 5) is 24.4. The van der Waals surface area contributed by atoms with Crippen LogP contribution in [0.1, 0.15) is 25.3 Å². The van der Waals surface area contributed by atoms with Crippen molar-refractivity contribution in [3.05, 3.63) is 23.5 Å². The van der Waals surface area contributed by atoms with Crippen molar-refractivity contribution in [2.24, 2.45) is 0 Å². The molecule has 1 aliphatic heterocycles. The minimum absolute atomic E-state index is 0.205. The van der Waals surface area contributed by atoms with Crippen molar-refractivity contribution in [2.45, 2.75) is 26.2 Å². The number of aromatic nitrogens is 2. The smallest absolute Gasteiger partial charge is 0.278 e. The van der Waals surface area contributed by atoms with E-state index in [1.54, 1.807) is 12.1 Å². The van der Waals surface area contributed by atoms with Crippen LogP contribution in [0.5, 0.6) is 0 Å². The molecular formula is C14H15FN4O2. The van der Waals surface area contributed by atoms with Gasteiger partial charge < -0.3 is 0 Å². The van der Waals surface area contributed by atoms with Gasteiger partial charge in [0.05, 0.1) is 0 Å². The molecule has 1 fully saturated rings. The SMILES string of the molecule is CCCc1ccc2c(N3CCC(=O)NC3=O)n[nH]c2c1F. The normalized spacial score (nSPS) is 15.6. The average molecular weight is 290 g/mol. The molecule has 1 aromatic heterocycles. The Morgan fingerprint density at radius 1 is 1.38 bits per heavy atom. The summed E-state index contributed by atoms with van der Waals surface area (Å²) in [5.41, 5.74) is 0.916. The number of hydrogen-bond acceptors (Lipinski definition) is 3. The fourth-order valence-electron chi connectivity index (χ4n) is 2.52. The van der Waals surface area contributed by atoms with Crippen molar-refractivity contribution in [1.29, 1.82) is 0 Å². The minimum atomic E-state index is -0.530. The highest BCUT2D eigenvalue weighted by Crippen LogP contribution is 2.29. The standard InChI is InChI=1S/C14H15FN4O2/c1-2-3-8-4-5-9-12(11(8)15)17-18-13(9)19-7-6-10(20)16-14(19)21/h4-5H,2-3,6-7H2,1H3,(H,17,18)(H,16,20,21). The molecule has 0 unspecified atom stereocenters. The second-order valence-corrected chi connectivity index (χ2v) is 5.01. The van der Waals surface area contributed by atoms with E-state index in [1.165, 1.54) is 4.90 Å². The van der Waals surface area contributed by atoms with Gasteiger partial charge in [0.15, 0.2) is 11.6 Å². The zero-order valence-corrected chi connectivity index (χ0v) is 11.6. The van der Waals surface area contributed by atoms with Gasteiger partial charge in [0.25, 0.3) is 0 Å². The van der Waals surface area contributed by atoms with Gasteiger partial charge in [-0.05, 0) is 18.1 Å². The third-order valence-corrected chi connectivity index (χ3v) is 3.57. The Labute approximate surface area is 120 Å². The first-order valence-corrected chi connectivity index (χ1v) is 6.88. The fourth-order valence-corrected chi connectivity index (χ4v) is 2.52. The molecule has 0 saturated carbocycles. The molecule has 1 aromatic carbocycles. The van der Waals surface area contributed by atoms with Gasteiger partial charge in [0.2, 0.25) is 5.91 Å². The molecule has 6 nitrogen and oxygen atoms in total. The predicted octanol–water partition coefficient (Wildman–Crippen LogP) is 2.10. The Balaban J connectivity index is 2.03. The molecule has 1 aliphatic rings. The summed E-state index contributed by atoms with van der Waals surface area (Å²) in [5, 5.41) is 9.47. The van der Waals surface area contributed by atoms with E-state index in [2.05, 4.69) is 15.5 Å². The molecule has 3 amide bonds. The number of carbonyl (C=O) groups excluding carboxylic acids is 2.